The van der Waals surface area contributed by atoms with Crippen molar-refractivity contribution in [2.24, 2.45) is 0 Å². The molecular weight excluding hydrogens is 318 g/mol. The van der Waals surface area contributed by atoms with Gasteiger partial charge in [0, 0.05) is 17.5 Å². The van der Waals surface area contributed by atoms with Crippen molar-refractivity contribution in [1.82, 2.24) is 0 Å². The van der Waals surface area contributed by atoms with E-state index in [1.54, 1.807) is 38.1 Å². The highest BCUT2D eigenvalue weighted by molar-refractivity contribution is 7.85. The van der Waals surface area contributed by atoms with Crippen LogP contribution in [0.1, 0.15) is 35.1 Å². The fourth-order valence-corrected chi connectivity index (χ4v) is 3.49. The SMILES string of the molecule is Cc1ccc(S(=O)(=O)O)c(C(C)c2cccc([N+](=O)[O-])c2C)c1. The minimum Gasteiger partial charge on any atom is -0.282 e. The Balaban J connectivity index is 2.67. The number of hydrogen-bond acceptors (Lipinski definition) is 4. The average molecular weight is 335 g/mol. The fraction of sp³-hybridized carbons (Fsp3) is 0.250. The van der Waals surface area contributed by atoms with Gasteiger partial charge in [-0.1, -0.05) is 36.8 Å². The molecule has 1 unspecified atom stereocenters. The van der Waals surface area contributed by atoms with Gasteiger partial charge >= 0.3 is 0 Å². The lowest BCUT2D eigenvalue weighted by Gasteiger charge is -2.18. The number of nitrogens with zero attached hydrogens (tertiary/aromatic N) is 1. The minimum atomic E-state index is -4.38. The highest BCUT2D eigenvalue weighted by Gasteiger charge is 2.24. The smallest absolute Gasteiger partial charge is 0.282 e. The molecule has 7 heteroatoms. The van der Waals surface area contributed by atoms with E-state index in [0.717, 1.165) is 5.56 Å². The van der Waals surface area contributed by atoms with Crippen molar-refractivity contribution >= 4 is 15.8 Å². The van der Waals surface area contributed by atoms with Gasteiger partial charge in [-0.15, -0.1) is 0 Å². The Morgan fingerprint density at radius 3 is 2.35 bits per heavy atom. The van der Waals surface area contributed by atoms with Crippen molar-refractivity contribution in [3.05, 3.63) is 68.8 Å². The fourth-order valence-electron chi connectivity index (χ4n) is 2.72. The Labute approximate surface area is 134 Å². The second-order valence-electron chi connectivity index (χ2n) is 5.49. The molecule has 0 saturated carbocycles. The lowest BCUT2D eigenvalue weighted by molar-refractivity contribution is -0.385. The van der Waals surface area contributed by atoms with Crippen LogP contribution in [0.3, 0.4) is 0 Å². The van der Waals surface area contributed by atoms with E-state index in [9.17, 15) is 23.1 Å². The molecule has 0 aliphatic rings. The molecule has 1 atom stereocenters. The van der Waals surface area contributed by atoms with E-state index in [-0.39, 0.29) is 10.6 Å². The molecule has 0 radical (unpaired) electrons. The Kier molecular flexibility index (Phi) is 4.53. The summed E-state index contributed by atoms with van der Waals surface area (Å²) in [6, 6.07) is 9.32. The van der Waals surface area contributed by atoms with Crippen molar-refractivity contribution in [3.8, 4) is 0 Å². The summed E-state index contributed by atoms with van der Waals surface area (Å²) in [5, 5.41) is 11.1. The van der Waals surface area contributed by atoms with Crippen LogP contribution in [-0.2, 0) is 10.1 Å². The van der Waals surface area contributed by atoms with E-state index >= 15 is 0 Å². The zero-order valence-corrected chi connectivity index (χ0v) is 13.8. The lowest BCUT2D eigenvalue weighted by Crippen LogP contribution is -2.09. The number of nitro benzene ring substituents is 1. The monoisotopic (exact) mass is 335 g/mol. The minimum absolute atomic E-state index is 0.0181. The second-order valence-corrected chi connectivity index (χ2v) is 6.88. The Bertz CT molecular complexity index is 874. The van der Waals surface area contributed by atoms with E-state index in [2.05, 4.69) is 0 Å². The first-order valence-electron chi connectivity index (χ1n) is 6.95. The van der Waals surface area contributed by atoms with Gasteiger partial charge in [-0.2, -0.15) is 8.42 Å². The van der Waals surface area contributed by atoms with Crippen LogP contribution < -0.4 is 0 Å². The zero-order chi connectivity index (χ0) is 17.4. The summed E-state index contributed by atoms with van der Waals surface area (Å²) < 4.78 is 32.6. The van der Waals surface area contributed by atoms with Crippen LogP contribution in [0.25, 0.3) is 0 Å². The molecule has 2 rings (SSSR count). The molecule has 2 aromatic rings. The third kappa shape index (κ3) is 3.40. The molecule has 23 heavy (non-hydrogen) atoms. The zero-order valence-electron chi connectivity index (χ0n) is 13.0. The molecule has 0 heterocycles. The van der Waals surface area contributed by atoms with Crippen LogP contribution in [-0.4, -0.2) is 17.9 Å². The first-order chi connectivity index (χ1) is 10.6. The van der Waals surface area contributed by atoms with Crippen molar-refractivity contribution in [2.75, 3.05) is 0 Å². The van der Waals surface area contributed by atoms with E-state index in [1.165, 1.54) is 12.1 Å². The van der Waals surface area contributed by atoms with Gasteiger partial charge < -0.3 is 0 Å². The second kappa shape index (κ2) is 6.10. The molecule has 0 spiro atoms. The third-order valence-electron chi connectivity index (χ3n) is 3.92. The Morgan fingerprint density at radius 2 is 1.78 bits per heavy atom. The van der Waals surface area contributed by atoms with Crippen LogP contribution in [0.5, 0.6) is 0 Å². The molecule has 1 N–H and O–H groups in total. The number of aryl methyl sites for hydroxylation is 1. The summed E-state index contributed by atoms with van der Waals surface area (Å²) in [5.41, 5.74) is 2.36. The molecule has 0 aliphatic carbocycles. The van der Waals surface area contributed by atoms with Gasteiger partial charge in [-0.3, -0.25) is 14.7 Å². The Hall–Kier alpha value is -2.25. The number of hydrogen-bond donors (Lipinski definition) is 1. The van der Waals surface area contributed by atoms with Gasteiger partial charge in [0.2, 0.25) is 0 Å². The van der Waals surface area contributed by atoms with Gasteiger partial charge in [-0.25, -0.2) is 0 Å². The average Bonchev–Trinajstić information content (AvgIpc) is 2.45. The summed E-state index contributed by atoms with van der Waals surface area (Å²) in [6.07, 6.45) is 0. The van der Waals surface area contributed by atoms with Crippen LogP contribution in [0, 0.1) is 24.0 Å². The topological polar surface area (TPSA) is 97.5 Å². The van der Waals surface area contributed by atoms with Crippen molar-refractivity contribution in [2.45, 2.75) is 31.6 Å². The van der Waals surface area contributed by atoms with Gasteiger partial charge in [0.25, 0.3) is 15.8 Å². The molecule has 0 bridgehead atoms. The molecule has 0 fully saturated rings. The number of benzene rings is 2. The van der Waals surface area contributed by atoms with Crippen molar-refractivity contribution < 1.29 is 17.9 Å². The molecule has 6 nitrogen and oxygen atoms in total. The summed E-state index contributed by atoms with van der Waals surface area (Å²) in [7, 11) is -4.38. The summed E-state index contributed by atoms with van der Waals surface area (Å²) in [4.78, 5) is 10.4. The molecule has 0 aromatic heterocycles. The standard InChI is InChI=1S/C16H17NO5S/c1-10-7-8-16(23(20,21)22)14(9-10)11(2)13-5-4-6-15(12(13)3)17(18)19/h4-9,11H,1-3H3,(H,20,21,22). The lowest BCUT2D eigenvalue weighted by atomic mass is 9.88. The largest absolute Gasteiger partial charge is 0.294 e. The molecule has 2 aromatic carbocycles. The van der Waals surface area contributed by atoms with Crippen LogP contribution >= 0.6 is 0 Å². The van der Waals surface area contributed by atoms with Crippen molar-refractivity contribution in [1.29, 1.82) is 0 Å². The third-order valence-corrected chi connectivity index (χ3v) is 4.85. The molecule has 0 amide bonds. The van der Waals surface area contributed by atoms with E-state index in [4.69, 9.17) is 0 Å². The normalized spacial score (nSPS) is 12.9. The highest BCUT2D eigenvalue weighted by Crippen LogP contribution is 2.34. The first kappa shape index (κ1) is 17.1. The number of rotatable bonds is 4. The maximum atomic E-state index is 11.6. The summed E-state index contributed by atoms with van der Waals surface area (Å²) in [5.74, 6) is -0.424. The predicted octanol–water partition coefficient (Wildman–Crippen LogP) is 3.61. The quantitative estimate of drug-likeness (QED) is 0.523. The van der Waals surface area contributed by atoms with Crippen LogP contribution in [0.2, 0.25) is 0 Å². The van der Waals surface area contributed by atoms with E-state index in [1.807, 2.05) is 6.92 Å². The van der Waals surface area contributed by atoms with Gasteiger partial charge in [0.1, 0.15) is 0 Å². The summed E-state index contributed by atoms with van der Waals surface area (Å²) >= 11 is 0. The first-order valence-corrected chi connectivity index (χ1v) is 8.39. The summed E-state index contributed by atoms with van der Waals surface area (Å²) in [6.45, 7) is 5.20. The van der Waals surface area contributed by atoms with Gasteiger partial charge in [0.05, 0.1) is 9.82 Å². The van der Waals surface area contributed by atoms with Crippen molar-refractivity contribution in [3.63, 3.8) is 0 Å². The molecule has 0 aliphatic heterocycles. The van der Waals surface area contributed by atoms with Gasteiger partial charge in [-0.05, 0) is 31.0 Å². The van der Waals surface area contributed by atoms with E-state index in [0.29, 0.717) is 16.7 Å². The predicted molar refractivity (Wildman–Crippen MR) is 86.3 cm³/mol. The maximum Gasteiger partial charge on any atom is 0.294 e. The van der Waals surface area contributed by atoms with Gasteiger partial charge in [0.15, 0.2) is 0 Å². The molecule has 0 saturated heterocycles. The van der Waals surface area contributed by atoms with Crippen LogP contribution in [0.15, 0.2) is 41.3 Å². The van der Waals surface area contributed by atoms with E-state index < -0.39 is 21.0 Å². The highest BCUT2D eigenvalue weighted by atomic mass is 32.2. The molecular formula is C16H17NO5S. The van der Waals surface area contributed by atoms with Crippen LogP contribution in [0.4, 0.5) is 5.69 Å². The Morgan fingerprint density at radius 1 is 1.13 bits per heavy atom. The maximum absolute atomic E-state index is 11.6. The number of nitro groups is 1. The molecule has 122 valence electrons.